The SMILES string of the molecule is NS(=O)(=O)NCC1Cc2ccccc2O1. The van der Waals surface area contributed by atoms with Crippen LogP contribution in [0.15, 0.2) is 24.3 Å². The summed E-state index contributed by atoms with van der Waals surface area (Å²) < 4.78 is 29.1. The van der Waals surface area contributed by atoms with Crippen LogP contribution < -0.4 is 14.6 Å². The Balaban J connectivity index is 1.96. The van der Waals surface area contributed by atoms with Gasteiger partial charge < -0.3 is 4.74 Å². The van der Waals surface area contributed by atoms with Gasteiger partial charge in [0.1, 0.15) is 11.9 Å². The van der Waals surface area contributed by atoms with Crippen molar-refractivity contribution in [3.8, 4) is 5.75 Å². The minimum absolute atomic E-state index is 0.166. The Morgan fingerprint density at radius 2 is 2.20 bits per heavy atom. The van der Waals surface area contributed by atoms with Gasteiger partial charge in [-0.25, -0.2) is 5.14 Å². The molecule has 5 nitrogen and oxygen atoms in total. The van der Waals surface area contributed by atoms with Gasteiger partial charge >= 0.3 is 0 Å². The van der Waals surface area contributed by atoms with Crippen molar-refractivity contribution >= 4 is 10.2 Å². The third kappa shape index (κ3) is 2.68. The summed E-state index contributed by atoms with van der Waals surface area (Å²) in [7, 11) is -3.63. The Kier molecular flexibility index (Phi) is 2.64. The Morgan fingerprint density at radius 3 is 2.87 bits per heavy atom. The molecule has 0 saturated carbocycles. The van der Waals surface area contributed by atoms with Crippen LogP contribution in [0.25, 0.3) is 0 Å². The summed E-state index contributed by atoms with van der Waals surface area (Å²) in [5.41, 5.74) is 1.10. The Labute approximate surface area is 88.4 Å². The van der Waals surface area contributed by atoms with Gasteiger partial charge in [-0.1, -0.05) is 18.2 Å². The summed E-state index contributed by atoms with van der Waals surface area (Å²) in [4.78, 5) is 0. The molecule has 1 aliphatic heterocycles. The zero-order valence-electron chi connectivity index (χ0n) is 8.01. The highest BCUT2D eigenvalue weighted by Crippen LogP contribution is 2.27. The average molecular weight is 228 g/mol. The number of fused-ring (bicyclic) bond motifs is 1. The molecule has 1 aliphatic rings. The molecule has 1 aromatic carbocycles. The van der Waals surface area contributed by atoms with E-state index in [4.69, 9.17) is 9.88 Å². The largest absolute Gasteiger partial charge is 0.488 e. The topological polar surface area (TPSA) is 81.4 Å². The van der Waals surface area contributed by atoms with E-state index in [1.807, 2.05) is 24.3 Å². The molecule has 1 heterocycles. The van der Waals surface area contributed by atoms with Crippen molar-refractivity contribution in [2.75, 3.05) is 6.54 Å². The predicted molar refractivity (Wildman–Crippen MR) is 55.7 cm³/mol. The van der Waals surface area contributed by atoms with Crippen molar-refractivity contribution in [3.05, 3.63) is 29.8 Å². The van der Waals surface area contributed by atoms with E-state index < -0.39 is 10.2 Å². The maximum atomic E-state index is 10.7. The van der Waals surface area contributed by atoms with Gasteiger partial charge in [0.2, 0.25) is 0 Å². The van der Waals surface area contributed by atoms with Gasteiger partial charge in [0, 0.05) is 13.0 Å². The molecular formula is C9H12N2O3S. The number of nitrogens with two attached hydrogens (primary N) is 1. The van der Waals surface area contributed by atoms with E-state index in [2.05, 4.69) is 4.72 Å². The molecule has 82 valence electrons. The van der Waals surface area contributed by atoms with E-state index >= 15 is 0 Å². The number of nitrogens with one attached hydrogen (secondary N) is 1. The fraction of sp³-hybridized carbons (Fsp3) is 0.333. The first-order chi connectivity index (χ1) is 7.04. The third-order valence-electron chi connectivity index (χ3n) is 2.23. The standard InChI is InChI=1S/C9H12N2O3S/c10-15(12,13)11-6-8-5-7-3-1-2-4-9(7)14-8/h1-4,8,11H,5-6H2,(H2,10,12,13). The molecule has 2 rings (SSSR count). The number of hydrogen-bond donors (Lipinski definition) is 2. The quantitative estimate of drug-likeness (QED) is 0.750. The summed E-state index contributed by atoms with van der Waals surface area (Å²) in [5, 5.41) is 4.82. The highest BCUT2D eigenvalue weighted by Gasteiger charge is 2.22. The highest BCUT2D eigenvalue weighted by molar-refractivity contribution is 7.87. The second kappa shape index (κ2) is 3.80. The fourth-order valence-corrected chi connectivity index (χ4v) is 2.00. The molecule has 15 heavy (non-hydrogen) atoms. The second-order valence-electron chi connectivity index (χ2n) is 3.45. The maximum absolute atomic E-state index is 10.7. The Morgan fingerprint density at radius 1 is 1.47 bits per heavy atom. The lowest BCUT2D eigenvalue weighted by Gasteiger charge is -2.09. The normalized spacial score (nSPS) is 19.7. The first-order valence-electron chi connectivity index (χ1n) is 4.56. The fourth-order valence-electron chi connectivity index (χ4n) is 1.58. The Bertz CT molecular complexity index is 433. The zero-order valence-corrected chi connectivity index (χ0v) is 8.83. The molecule has 0 amide bonds. The molecule has 0 bridgehead atoms. The molecular weight excluding hydrogens is 216 g/mol. The van der Waals surface area contributed by atoms with Gasteiger partial charge in [0.05, 0.1) is 0 Å². The van der Waals surface area contributed by atoms with Crippen LogP contribution in [0.1, 0.15) is 5.56 Å². The first kappa shape index (κ1) is 10.4. The lowest BCUT2D eigenvalue weighted by Crippen LogP contribution is -2.38. The minimum atomic E-state index is -3.63. The van der Waals surface area contributed by atoms with Gasteiger partial charge in [-0.2, -0.15) is 13.1 Å². The first-order valence-corrected chi connectivity index (χ1v) is 6.11. The molecule has 0 radical (unpaired) electrons. The van der Waals surface area contributed by atoms with E-state index in [1.54, 1.807) is 0 Å². The van der Waals surface area contributed by atoms with Crippen LogP contribution in [0, 0.1) is 0 Å². The summed E-state index contributed by atoms with van der Waals surface area (Å²) in [6, 6.07) is 7.64. The molecule has 1 atom stereocenters. The van der Waals surface area contributed by atoms with Crippen LogP contribution in [0.3, 0.4) is 0 Å². The van der Waals surface area contributed by atoms with E-state index in [-0.39, 0.29) is 12.6 Å². The van der Waals surface area contributed by atoms with Gasteiger partial charge in [0.15, 0.2) is 0 Å². The van der Waals surface area contributed by atoms with Crippen molar-refractivity contribution in [2.45, 2.75) is 12.5 Å². The minimum Gasteiger partial charge on any atom is -0.488 e. The monoisotopic (exact) mass is 228 g/mol. The Hall–Kier alpha value is -1.11. The van der Waals surface area contributed by atoms with Crippen molar-refractivity contribution in [1.82, 2.24) is 4.72 Å². The van der Waals surface area contributed by atoms with Gasteiger partial charge in [0.25, 0.3) is 10.2 Å². The molecule has 1 aromatic rings. The summed E-state index contributed by atoms with van der Waals surface area (Å²) in [6.45, 7) is 0.202. The smallest absolute Gasteiger partial charge is 0.274 e. The van der Waals surface area contributed by atoms with Gasteiger partial charge in [-0.05, 0) is 11.6 Å². The summed E-state index contributed by atoms with van der Waals surface area (Å²) >= 11 is 0. The number of benzene rings is 1. The number of hydrogen-bond acceptors (Lipinski definition) is 3. The molecule has 0 fully saturated rings. The van der Waals surface area contributed by atoms with Crippen LogP contribution in [0.5, 0.6) is 5.75 Å². The summed E-state index contributed by atoms with van der Waals surface area (Å²) in [5.74, 6) is 0.818. The van der Waals surface area contributed by atoms with Crippen molar-refractivity contribution < 1.29 is 13.2 Å². The third-order valence-corrected chi connectivity index (χ3v) is 2.80. The zero-order chi connectivity index (χ0) is 10.9. The van der Waals surface area contributed by atoms with Crippen molar-refractivity contribution in [1.29, 1.82) is 0 Å². The molecule has 3 N–H and O–H groups in total. The van der Waals surface area contributed by atoms with Crippen LogP contribution in [-0.2, 0) is 16.6 Å². The lowest BCUT2D eigenvalue weighted by atomic mass is 10.1. The van der Waals surface area contributed by atoms with Gasteiger partial charge in [-0.3, -0.25) is 0 Å². The number of rotatable bonds is 3. The summed E-state index contributed by atoms with van der Waals surface area (Å²) in [6.07, 6.45) is 0.541. The number of para-hydroxylation sites is 1. The molecule has 0 aromatic heterocycles. The molecule has 1 unspecified atom stereocenters. The average Bonchev–Trinajstić information content (AvgIpc) is 2.56. The van der Waals surface area contributed by atoms with Crippen LogP contribution >= 0.6 is 0 Å². The lowest BCUT2D eigenvalue weighted by molar-refractivity contribution is 0.236. The van der Waals surface area contributed by atoms with Crippen molar-refractivity contribution in [3.63, 3.8) is 0 Å². The van der Waals surface area contributed by atoms with Crippen LogP contribution in [-0.4, -0.2) is 21.1 Å². The van der Waals surface area contributed by atoms with E-state index in [0.29, 0.717) is 6.42 Å². The van der Waals surface area contributed by atoms with E-state index in [0.717, 1.165) is 11.3 Å². The van der Waals surface area contributed by atoms with Crippen molar-refractivity contribution in [2.24, 2.45) is 5.14 Å². The van der Waals surface area contributed by atoms with Crippen LogP contribution in [0.2, 0.25) is 0 Å². The highest BCUT2D eigenvalue weighted by atomic mass is 32.2. The van der Waals surface area contributed by atoms with Gasteiger partial charge in [-0.15, -0.1) is 0 Å². The maximum Gasteiger partial charge on any atom is 0.274 e. The molecule has 6 heteroatoms. The van der Waals surface area contributed by atoms with E-state index in [1.165, 1.54) is 0 Å². The van der Waals surface area contributed by atoms with E-state index in [9.17, 15) is 8.42 Å². The molecule has 0 aliphatic carbocycles. The second-order valence-corrected chi connectivity index (χ2v) is 4.82. The molecule has 0 spiro atoms. The predicted octanol–water partition coefficient (Wildman–Crippen LogP) is -0.217. The number of ether oxygens (including phenoxy) is 1. The van der Waals surface area contributed by atoms with Crippen LogP contribution in [0.4, 0.5) is 0 Å². The molecule has 0 saturated heterocycles.